The Hall–Kier alpha value is -2.08. The molecule has 6 nitrogen and oxygen atoms in total. The topological polar surface area (TPSA) is 86.7 Å². The summed E-state index contributed by atoms with van der Waals surface area (Å²) >= 11 is 6.00. The molecule has 0 saturated carbocycles. The van der Waals surface area contributed by atoms with Crippen molar-refractivity contribution in [3.8, 4) is 0 Å². The standard InChI is InChI=1S/C21H29ClN2O4/c1-5-16(19(27)23-21(2,3)4)24-17(13-6-9-15(22)10-7-13)11-8-14(20(24)28)12-18(25)26/h6-7,9-10,14,16-17H,5,8,11-12H2,1-4H3,(H,23,27)(H,25,26). The smallest absolute Gasteiger partial charge is 0.304 e. The molecule has 0 radical (unpaired) electrons. The van der Waals surface area contributed by atoms with Gasteiger partial charge in [0, 0.05) is 16.5 Å². The fraction of sp³-hybridized carbons (Fsp3) is 0.571. The van der Waals surface area contributed by atoms with Gasteiger partial charge in [-0.25, -0.2) is 0 Å². The lowest BCUT2D eigenvalue weighted by molar-refractivity contribution is -0.154. The molecule has 3 unspecified atom stereocenters. The summed E-state index contributed by atoms with van der Waals surface area (Å²) in [6, 6.07) is 6.30. The van der Waals surface area contributed by atoms with E-state index in [1.165, 1.54) is 0 Å². The van der Waals surface area contributed by atoms with Crippen LogP contribution in [-0.4, -0.2) is 39.4 Å². The van der Waals surface area contributed by atoms with E-state index in [9.17, 15) is 19.5 Å². The zero-order valence-corrected chi connectivity index (χ0v) is 17.6. The Morgan fingerprint density at radius 1 is 1.25 bits per heavy atom. The Morgan fingerprint density at radius 2 is 1.86 bits per heavy atom. The molecular formula is C21H29ClN2O4. The molecule has 1 heterocycles. The summed E-state index contributed by atoms with van der Waals surface area (Å²) in [5, 5.41) is 12.7. The fourth-order valence-electron chi connectivity index (χ4n) is 3.73. The lowest BCUT2D eigenvalue weighted by Crippen LogP contribution is -2.57. The molecule has 7 heteroatoms. The number of carbonyl (C=O) groups excluding carboxylic acids is 2. The van der Waals surface area contributed by atoms with Crippen molar-refractivity contribution in [3.63, 3.8) is 0 Å². The van der Waals surface area contributed by atoms with E-state index in [0.717, 1.165) is 5.56 Å². The van der Waals surface area contributed by atoms with Crippen molar-refractivity contribution in [2.75, 3.05) is 0 Å². The van der Waals surface area contributed by atoms with Crippen molar-refractivity contribution >= 4 is 29.4 Å². The van der Waals surface area contributed by atoms with Crippen LogP contribution in [0.3, 0.4) is 0 Å². The zero-order chi connectivity index (χ0) is 21.1. The number of hydrogen-bond acceptors (Lipinski definition) is 3. The van der Waals surface area contributed by atoms with E-state index in [2.05, 4.69) is 5.32 Å². The highest BCUT2D eigenvalue weighted by molar-refractivity contribution is 6.30. The van der Waals surface area contributed by atoms with Crippen molar-refractivity contribution in [1.29, 1.82) is 0 Å². The van der Waals surface area contributed by atoms with Crippen molar-refractivity contribution in [3.05, 3.63) is 34.9 Å². The second kappa shape index (κ2) is 8.95. The van der Waals surface area contributed by atoms with Gasteiger partial charge in [-0.2, -0.15) is 0 Å². The molecule has 0 aliphatic carbocycles. The average Bonchev–Trinajstić information content (AvgIpc) is 2.57. The van der Waals surface area contributed by atoms with E-state index >= 15 is 0 Å². The number of likely N-dealkylation sites (tertiary alicyclic amines) is 1. The van der Waals surface area contributed by atoms with Gasteiger partial charge in [0.1, 0.15) is 6.04 Å². The van der Waals surface area contributed by atoms with Crippen LogP contribution in [0.4, 0.5) is 0 Å². The molecule has 1 aromatic rings. The number of carboxylic acid groups (broad SMARTS) is 1. The lowest BCUT2D eigenvalue weighted by atomic mass is 9.85. The van der Waals surface area contributed by atoms with Crippen LogP contribution in [0.2, 0.25) is 5.02 Å². The number of amides is 2. The largest absolute Gasteiger partial charge is 0.481 e. The average molecular weight is 409 g/mol. The highest BCUT2D eigenvalue weighted by Crippen LogP contribution is 2.38. The Bertz CT molecular complexity index is 727. The number of halogens is 1. The van der Waals surface area contributed by atoms with Crippen LogP contribution in [0.1, 0.15) is 65.0 Å². The number of carboxylic acids is 1. The molecule has 0 spiro atoms. The van der Waals surface area contributed by atoms with Crippen molar-refractivity contribution in [1.82, 2.24) is 10.2 Å². The highest BCUT2D eigenvalue weighted by atomic mass is 35.5. The number of aliphatic carboxylic acids is 1. The summed E-state index contributed by atoms with van der Waals surface area (Å²) in [4.78, 5) is 39.0. The van der Waals surface area contributed by atoms with Gasteiger partial charge in [-0.15, -0.1) is 0 Å². The van der Waals surface area contributed by atoms with Crippen molar-refractivity contribution < 1.29 is 19.5 Å². The molecule has 28 heavy (non-hydrogen) atoms. The maximum atomic E-state index is 13.2. The number of rotatable bonds is 6. The molecule has 1 aliphatic rings. The van der Waals surface area contributed by atoms with Crippen LogP contribution in [-0.2, 0) is 14.4 Å². The molecule has 2 rings (SSSR count). The third-order valence-corrected chi connectivity index (χ3v) is 5.18. The number of nitrogens with zero attached hydrogens (tertiary/aromatic N) is 1. The van der Waals surface area contributed by atoms with Gasteiger partial charge < -0.3 is 15.3 Å². The van der Waals surface area contributed by atoms with E-state index in [0.29, 0.717) is 24.3 Å². The third kappa shape index (κ3) is 5.47. The predicted molar refractivity (Wildman–Crippen MR) is 108 cm³/mol. The van der Waals surface area contributed by atoms with E-state index < -0.39 is 23.5 Å². The molecule has 1 fully saturated rings. The first-order chi connectivity index (χ1) is 13.0. The monoisotopic (exact) mass is 408 g/mol. The van der Waals surface area contributed by atoms with Crippen molar-refractivity contribution in [2.45, 2.75) is 71.0 Å². The third-order valence-electron chi connectivity index (χ3n) is 4.93. The maximum Gasteiger partial charge on any atom is 0.304 e. The molecule has 1 aromatic carbocycles. The second-order valence-corrected chi connectivity index (χ2v) is 8.78. The number of piperidine rings is 1. The van der Waals surface area contributed by atoms with Gasteiger partial charge in [0.15, 0.2) is 0 Å². The molecule has 2 amide bonds. The number of hydrogen-bond donors (Lipinski definition) is 2. The fourth-order valence-corrected chi connectivity index (χ4v) is 3.86. The van der Waals surface area contributed by atoms with Crippen LogP contribution in [0.5, 0.6) is 0 Å². The number of benzene rings is 1. The van der Waals surface area contributed by atoms with E-state index in [1.54, 1.807) is 17.0 Å². The summed E-state index contributed by atoms with van der Waals surface area (Å²) in [7, 11) is 0. The number of carbonyl (C=O) groups is 3. The van der Waals surface area contributed by atoms with E-state index in [-0.39, 0.29) is 24.3 Å². The molecule has 3 atom stereocenters. The Kier molecular flexibility index (Phi) is 7.10. The van der Waals surface area contributed by atoms with Gasteiger partial charge in [-0.1, -0.05) is 30.7 Å². The minimum absolute atomic E-state index is 0.222. The zero-order valence-electron chi connectivity index (χ0n) is 16.9. The molecule has 154 valence electrons. The van der Waals surface area contributed by atoms with Crippen LogP contribution in [0.15, 0.2) is 24.3 Å². The normalized spacial score (nSPS) is 21.3. The van der Waals surface area contributed by atoms with Crippen molar-refractivity contribution in [2.24, 2.45) is 5.92 Å². The first kappa shape index (κ1) is 22.2. The molecular weight excluding hydrogens is 380 g/mol. The molecule has 1 saturated heterocycles. The predicted octanol–water partition coefficient (Wildman–Crippen LogP) is 3.79. The summed E-state index contributed by atoms with van der Waals surface area (Å²) in [5.41, 5.74) is 0.466. The maximum absolute atomic E-state index is 13.2. The second-order valence-electron chi connectivity index (χ2n) is 8.35. The van der Waals surface area contributed by atoms with Gasteiger partial charge in [0.2, 0.25) is 11.8 Å². The van der Waals surface area contributed by atoms with Gasteiger partial charge in [-0.3, -0.25) is 14.4 Å². The minimum atomic E-state index is -1.00. The summed E-state index contributed by atoms with van der Waals surface area (Å²) in [5.74, 6) is -2.12. The first-order valence-electron chi connectivity index (χ1n) is 9.65. The number of nitrogens with one attached hydrogen (secondary N) is 1. The summed E-state index contributed by atoms with van der Waals surface area (Å²) in [6.45, 7) is 7.53. The summed E-state index contributed by atoms with van der Waals surface area (Å²) < 4.78 is 0. The lowest BCUT2D eigenvalue weighted by Gasteiger charge is -2.43. The van der Waals surface area contributed by atoms with Crippen LogP contribution in [0.25, 0.3) is 0 Å². The van der Waals surface area contributed by atoms with Gasteiger partial charge >= 0.3 is 5.97 Å². The Balaban J connectivity index is 2.40. The first-order valence-corrected chi connectivity index (χ1v) is 10.0. The van der Waals surface area contributed by atoms with Crippen LogP contribution < -0.4 is 5.32 Å². The highest BCUT2D eigenvalue weighted by Gasteiger charge is 2.42. The quantitative estimate of drug-likeness (QED) is 0.749. The SMILES string of the molecule is CCC(C(=O)NC(C)(C)C)N1C(=O)C(CC(=O)O)CCC1c1ccc(Cl)cc1. The van der Waals surface area contributed by atoms with Crippen LogP contribution in [0, 0.1) is 5.92 Å². The van der Waals surface area contributed by atoms with Crippen LogP contribution >= 0.6 is 11.6 Å². The molecule has 2 N–H and O–H groups in total. The summed E-state index contributed by atoms with van der Waals surface area (Å²) in [6.07, 6.45) is 1.30. The Morgan fingerprint density at radius 3 is 2.36 bits per heavy atom. The van der Waals surface area contributed by atoms with E-state index in [4.69, 9.17) is 11.6 Å². The molecule has 0 aromatic heterocycles. The molecule has 1 aliphatic heterocycles. The molecule has 0 bridgehead atoms. The minimum Gasteiger partial charge on any atom is -0.481 e. The van der Waals surface area contributed by atoms with E-state index in [1.807, 2.05) is 39.8 Å². The van der Waals surface area contributed by atoms with Gasteiger partial charge in [-0.05, 0) is 57.7 Å². The van der Waals surface area contributed by atoms with Gasteiger partial charge in [0.05, 0.1) is 12.5 Å². The van der Waals surface area contributed by atoms with Gasteiger partial charge in [0.25, 0.3) is 0 Å². The Labute approximate surface area is 171 Å².